The minimum atomic E-state index is 1.13. The summed E-state index contributed by atoms with van der Waals surface area (Å²) in [6.45, 7) is 0. The van der Waals surface area contributed by atoms with Crippen molar-refractivity contribution in [2.75, 3.05) is 5.32 Å². The topological polar surface area (TPSA) is 12.0 Å². The number of benzene rings is 4. The van der Waals surface area contributed by atoms with Gasteiger partial charge in [0, 0.05) is 22.5 Å². The molecule has 4 aromatic carbocycles. The van der Waals surface area contributed by atoms with Crippen molar-refractivity contribution in [3.05, 3.63) is 131 Å². The fraction of sp³-hybridized carbons (Fsp3) is 0. The van der Waals surface area contributed by atoms with Gasteiger partial charge in [0.2, 0.25) is 0 Å². The van der Waals surface area contributed by atoms with Crippen LogP contribution in [-0.2, 0) is 0 Å². The van der Waals surface area contributed by atoms with Crippen LogP contribution in [0.1, 0.15) is 22.3 Å². The first kappa shape index (κ1) is 15.7. The Bertz CT molecular complexity index is 1030. The molecular formula is C26H19N. The van der Waals surface area contributed by atoms with Crippen LogP contribution in [0, 0.1) is 0 Å². The van der Waals surface area contributed by atoms with Crippen LogP contribution in [0.25, 0.3) is 11.1 Å². The van der Waals surface area contributed by atoms with Crippen molar-refractivity contribution in [3.63, 3.8) is 0 Å². The average Bonchev–Trinajstić information content (AvgIpc) is 2.89. The van der Waals surface area contributed by atoms with E-state index in [2.05, 4.69) is 115 Å². The SMILES string of the molecule is c1ccc(C2=C(c3ccccc3)c3ccccc3Nc3ccccc32)cc1. The molecule has 1 N–H and O–H groups in total. The summed E-state index contributed by atoms with van der Waals surface area (Å²) in [4.78, 5) is 0. The summed E-state index contributed by atoms with van der Waals surface area (Å²) in [6.07, 6.45) is 0. The van der Waals surface area contributed by atoms with E-state index in [9.17, 15) is 0 Å². The van der Waals surface area contributed by atoms with Gasteiger partial charge in [0.15, 0.2) is 0 Å². The molecule has 0 saturated heterocycles. The maximum Gasteiger partial charge on any atom is 0.0464 e. The molecule has 0 bridgehead atoms. The lowest BCUT2D eigenvalue weighted by atomic mass is 9.86. The highest BCUT2D eigenvalue weighted by molar-refractivity contribution is 6.10. The number of hydrogen-bond acceptors (Lipinski definition) is 1. The summed E-state index contributed by atoms with van der Waals surface area (Å²) in [5.41, 5.74) is 9.68. The Kier molecular flexibility index (Phi) is 3.84. The van der Waals surface area contributed by atoms with Crippen LogP contribution in [0.4, 0.5) is 11.4 Å². The van der Waals surface area contributed by atoms with E-state index in [-0.39, 0.29) is 0 Å². The minimum Gasteiger partial charge on any atom is -0.355 e. The predicted octanol–water partition coefficient (Wildman–Crippen LogP) is 6.75. The lowest BCUT2D eigenvalue weighted by molar-refractivity contribution is 1.51. The molecule has 0 unspecified atom stereocenters. The van der Waals surface area contributed by atoms with Crippen molar-refractivity contribution in [2.45, 2.75) is 0 Å². The largest absolute Gasteiger partial charge is 0.355 e. The van der Waals surface area contributed by atoms with Gasteiger partial charge in [-0.25, -0.2) is 0 Å². The molecule has 1 aliphatic heterocycles. The van der Waals surface area contributed by atoms with Crippen LogP contribution in [0.3, 0.4) is 0 Å². The summed E-state index contributed by atoms with van der Waals surface area (Å²) in [5.74, 6) is 0. The average molecular weight is 345 g/mol. The van der Waals surface area contributed by atoms with Crippen LogP contribution in [0.5, 0.6) is 0 Å². The Labute approximate surface area is 159 Å². The minimum absolute atomic E-state index is 1.13. The van der Waals surface area contributed by atoms with Crippen molar-refractivity contribution in [2.24, 2.45) is 0 Å². The molecule has 0 atom stereocenters. The van der Waals surface area contributed by atoms with Gasteiger partial charge in [-0.1, -0.05) is 97.1 Å². The van der Waals surface area contributed by atoms with E-state index in [0.717, 1.165) is 11.4 Å². The molecule has 1 nitrogen and oxygen atoms in total. The lowest BCUT2D eigenvalue weighted by Gasteiger charge is -2.17. The molecule has 128 valence electrons. The van der Waals surface area contributed by atoms with E-state index in [4.69, 9.17) is 0 Å². The van der Waals surface area contributed by atoms with Crippen LogP contribution >= 0.6 is 0 Å². The van der Waals surface area contributed by atoms with Gasteiger partial charge >= 0.3 is 0 Å². The molecule has 4 aromatic rings. The molecule has 1 heterocycles. The van der Waals surface area contributed by atoms with E-state index in [1.807, 2.05) is 0 Å². The van der Waals surface area contributed by atoms with Crippen LogP contribution in [-0.4, -0.2) is 0 Å². The molecule has 0 spiro atoms. The summed E-state index contributed by atoms with van der Waals surface area (Å²) in [6, 6.07) is 38.5. The van der Waals surface area contributed by atoms with Gasteiger partial charge in [0.05, 0.1) is 0 Å². The first-order valence-electron chi connectivity index (χ1n) is 9.23. The number of anilines is 2. The monoisotopic (exact) mass is 345 g/mol. The Morgan fingerprint density at radius 3 is 1.19 bits per heavy atom. The molecule has 1 aliphatic rings. The molecule has 0 amide bonds. The summed E-state index contributed by atoms with van der Waals surface area (Å²) in [7, 11) is 0. The van der Waals surface area contributed by atoms with Gasteiger partial charge in [0.25, 0.3) is 0 Å². The van der Waals surface area contributed by atoms with E-state index >= 15 is 0 Å². The summed E-state index contributed by atoms with van der Waals surface area (Å²) >= 11 is 0. The van der Waals surface area contributed by atoms with Gasteiger partial charge < -0.3 is 5.32 Å². The highest BCUT2D eigenvalue weighted by atomic mass is 14.9. The van der Waals surface area contributed by atoms with E-state index < -0.39 is 0 Å². The van der Waals surface area contributed by atoms with Crippen LogP contribution < -0.4 is 5.32 Å². The van der Waals surface area contributed by atoms with E-state index in [1.165, 1.54) is 33.4 Å². The first-order chi connectivity index (χ1) is 13.4. The van der Waals surface area contributed by atoms with Crippen molar-refractivity contribution in [3.8, 4) is 0 Å². The van der Waals surface area contributed by atoms with Gasteiger partial charge in [-0.2, -0.15) is 0 Å². The molecule has 0 radical (unpaired) electrons. The standard InChI is InChI=1S/C26H19N/c1-3-11-19(12-4-1)25-21-15-7-9-17-23(21)27-24-18-10-8-16-22(24)26(25)20-13-5-2-6-14-20/h1-18,27H. The maximum absolute atomic E-state index is 3.66. The quantitative estimate of drug-likeness (QED) is 0.373. The highest BCUT2D eigenvalue weighted by Gasteiger charge is 2.23. The third-order valence-electron chi connectivity index (χ3n) is 5.04. The fourth-order valence-electron chi connectivity index (χ4n) is 3.84. The Morgan fingerprint density at radius 2 is 0.741 bits per heavy atom. The first-order valence-corrected chi connectivity index (χ1v) is 9.23. The number of hydrogen-bond donors (Lipinski definition) is 1. The molecule has 27 heavy (non-hydrogen) atoms. The zero-order valence-corrected chi connectivity index (χ0v) is 14.9. The van der Waals surface area contributed by atoms with Crippen LogP contribution in [0.15, 0.2) is 109 Å². The Balaban J connectivity index is 1.95. The molecule has 0 saturated carbocycles. The molecule has 0 aromatic heterocycles. The Morgan fingerprint density at radius 1 is 0.370 bits per heavy atom. The van der Waals surface area contributed by atoms with E-state index in [0.29, 0.717) is 0 Å². The van der Waals surface area contributed by atoms with Crippen molar-refractivity contribution in [1.29, 1.82) is 0 Å². The summed E-state index contributed by atoms with van der Waals surface area (Å²) < 4.78 is 0. The Hall–Kier alpha value is -3.58. The second kappa shape index (κ2) is 6.62. The van der Waals surface area contributed by atoms with Crippen LogP contribution in [0.2, 0.25) is 0 Å². The highest BCUT2D eigenvalue weighted by Crippen LogP contribution is 2.45. The fourth-order valence-corrected chi connectivity index (χ4v) is 3.84. The molecule has 5 rings (SSSR count). The number of para-hydroxylation sites is 2. The predicted molar refractivity (Wildman–Crippen MR) is 114 cm³/mol. The zero-order valence-electron chi connectivity index (χ0n) is 14.9. The molecule has 1 heteroatoms. The number of rotatable bonds is 2. The summed E-state index contributed by atoms with van der Waals surface area (Å²) in [5, 5.41) is 3.66. The third kappa shape index (κ3) is 2.74. The maximum atomic E-state index is 3.66. The normalized spacial score (nSPS) is 12.6. The molecule has 0 fully saturated rings. The zero-order chi connectivity index (χ0) is 18.1. The van der Waals surface area contributed by atoms with Gasteiger partial charge in [-0.3, -0.25) is 0 Å². The van der Waals surface area contributed by atoms with Crippen molar-refractivity contribution >= 4 is 22.5 Å². The molecule has 0 aliphatic carbocycles. The van der Waals surface area contributed by atoms with Gasteiger partial charge in [0.1, 0.15) is 0 Å². The van der Waals surface area contributed by atoms with Gasteiger partial charge in [-0.15, -0.1) is 0 Å². The van der Waals surface area contributed by atoms with Gasteiger partial charge in [-0.05, 0) is 34.4 Å². The lowest BCUT2D eigenvalue weighted by Crippen LogP contribution is -1.95. The molecular weight excluding hydrogens is 326 g/mol. The second-order valence-electron chi connectivity index (χ2n) is 6.70. The van der Waals surface area contributed by atoms with Crippen molar-refractivity contribution in [1.82, 2.24) is 0 Å². The number of fused-ring (bicyclic) bond motifs is 2. The number of nitrogens with one attached hydrogen (secondary N) is 1. The second-order valence-corrected chi connectivity index (χ2v) is 6.70. The third-order valence-corrected chi connectivity index (χ3v) is 5.04. The van der Waals surface area contributed by atoms with E-state index in [1.54, 1.807) is 0 Å². The smallest absolute Gasteiger partial charge is 0.0464 e. The van der Waals surface area contributed by atoms with Crippen molar-refractivity contribution < 1.29 is 0 Å².